The maximum absolute atomic E-state index is 5.36. The molecule has 15 heavy (non-hydrogen) atoms. The van der Waals surface area contributed by atoms with Crippen molar-refractivity contribution in [3.8, 4) is 0 Å². The summed E-state index contributed by atoms with van der Waals surface area (Å²) in [5.74, 6) is 0. The highest BCUT2D eigenvalue weighted by molar-refractivity contribution is 4.62. The van der Waals surface area contributed by atoms with Gasteiger partial charge in [-0.2, -0.15) is 0 Å². The van der Waals surface area contributed by atoms with Crippen LogP contribution in [0.15, 0.2) is 0 Å². The van der Waals surface area contributed by atoms with Crippen LogP contribution >= 0.6 is 0 Å². The van der Waals surface area contributed by atoms with Crippen molar-refractivity contribution in [2.24, 2.45) is 0 Å². The van der Waals surface area contributed by atoms with Gasteiger partial charge in [0.25, 0.3) is 0 Å². The lowest BCUT2D eigenvalue weighted by atomic mass is 10.3. The highest BCUT2D eigenvalue weighted by atomic mass is 16.5. The van der Waals surface area contributed by atoms with Gasteiger partial charge in [-0.15, -0.1) is 0 Å². The van der Waals surface area contributed by atoms with Gasteiger partial charge in [-0.05, 0) is 59.0 Å². The van der Waals surface area contributed by atoms with E-state index < -0.39 is 0 Å². The molecule has 0 spiro atoms. The first kappa shape index (κ1) is 12.9. The Morgan fingerprint density at radius 1 is 1.13 bits per heavy atom. The molecule has 4 nitrogen and oxygen atoms in total. The van der Waals surface area contributed by atoms with Gasteiger partial charge in [0, 0.05) is 7.11 Å². The van der Waals surface area contributed by atoms with Gasteiger partial charge in [0.2, 0.25) is 0 Å². The summed E-state index contributed by atoms with van der Waals surface area (Å²) in [5, 5.41) is 6.86. The number of hydrogen-bond donors (Lipinski definition) is 2. The van der Waals surface area contributed by atoms with Gasteiger partial charge in [0.15, 0.2) is 0 Å². The first-order valence-electron chi connectivity index (χ1n) is 5.98. The van der Waals surface area contributed by atoms with E-state index in [9.17, 15) is 0 Å². The highest BCUT2D eigenvalue weighted by Gasteiger charge is 2.07. The molecule has 1 atom stereocenters. The molecule has 0 aromatic rings. The summed E-state index contributed by atoms with van der Waals surface area (Å²) in [6.07, 6.45) is 3.69. The van der Waals surface area contributed by atoms with Crippen molar-refractivity contribution in [3.63, 3.8) is 0 Å². The highest BCUT2D eigenvalue weighted by Crippen LogP contribution is 1.95. The second kappa shape index (κ2) is 8.05. The Bertz CT molecular complexity index is 155. The third kappa shape index (κ3) is 6.10. The molecule has 0 bridgehead atoms. The summed E-state index contributed by atoms with van der Waals surface area (Å²) in [6, 6.07) is 0. The maximum Gasteiger partial charge on any atom is 0.108 e. The summed E-state index contributed by atoms with van der Waals surface area (Å²) in [5.41, 5.74) is 0. The Hall–Kier alpha value is -0.160. The molecule has 1 aliphatic rings. The number of nitrogens with zero attached hydrogens (tertiary/aromatic N) is 1. The van der Waals surface area contributed by atoms with Crippen molar-refractivity contribution in [1.29, 1.82) is 0 Å². The van der Waals surface area contributed by atoms with Crippen molar-refractivity contribution in [2.45, 2.75) is 25.5 Å². The van der Waals surface area contributed by atoms with Gasteiger partial charge in [-0.25, -0.2) is 0 Å². The molecule has 0 amide bonds. The molecule has 0 aliphatic carbocycles. The van der Waals surface area contributed by atoms with E-state index in [0.29, 0.717) is 0 Å². The molecular weight excluding hydrogens is 190 g/mol. The van der Waals surface area contributed by atoms with E-state index in [1.165, 1.54) is 25.9 Å². The van der Waals surface area contributed by atoms with Gasteiger partial charge in [0.05, 0.1) is 0 Å². The molecular formula is C11H25N3O. The molecule has 2 N–H and O–H groups in total. The summed E-state index contributed by atoms with van der Waals surface area (Å²) >= 11 is 0. The van der Waals surface area contributed by atoms with E-state index >= 15 is 0 Å². The summed E-state index contributed by atoms with van der Waals surface area (Å²) < 4.78 is 5.36. The van der Waals surface area contributed by atoms with Crippen molar-refractivity contribution in [3.05, 3.63) is 0 Å². The topological polar surface area (TPSA) is 36.5 Å². The quantitative estimate of drug-likeness (QED) is 0.657. The summed E-state index contributed by atoms with van der Waals surface area (Å²) in [7, 11) is 3.97. The van der Waals surface area contributed by atoms with Gasteiger partial charge < -0.3 is 15.0 Å². The van der Waals surface area contributed by atoms with Gasteiger partial charge in [-0.3, -0.25) is 5.32 Å². The monoisotopic (exact) mass is 215 g/mol. The fraction of sp³-hybridized carbons (Fsp3) is 1.00. The zero-order chi connectivity index (χ0) is 10.9. The summed E-state index contributed by atoms with van der Waals surface area (Å²) in [4.78, 5) is 2.40. The van der Waals surface area contributed by atoms with Crippen LogP contribution in [0.5, 0.6) is 0 Å². The van der Waals surface area contributed by atoms with E-state index in [1.807, 2.05) is 0 Å². The van der Waals surface area contributed by atoms with Crippen LogP contribution in [0.25, 0.3) is 0 Å². The molecule has 90 valence electrons. The van der Waals surface area contributed by atoms with Crippen LogP contribution in [0, 0.1) is 0 Å². The largest absolute Gasteiger partial charge is 0.367 e. The van der Waals surface area contributed by atoms with Crippen LogP contribution in [-0.4, -0.2) is 58.0 Å². The number of methoxy groups -OCH3 is 1. The van der Waals surface area contributed by atoms with Crippen molar-refractivity contribution < 1.29 is 4.74 Å². The summed E-state index contributed by atoms with van der Waals surface area (Å²) in [6.45, 7) is 5.56. The lowest BCUT2D eigenvalue weighted by molar-refractivity contribution is 0.0658. The molecule has 0 aromatic heterocycles. The zero-order valence-corrected chi connectivity index (χ0v) is 10.1. The minimum Gasteiger partial charge on any atom is -0.367 e. The number of hydrogen-bond acceptors (Lipinski definition) is 4. The molecule has 1 fully saturated rings. The van der Waals surface area contributed by atoms with Crippen LogP contribution in [0.3, 0.4) is 0 Å². The number of nitrogens with one attached hydrogen (secondary N) is 2. The SMILES string of the molecule is COC1CCNCCCN(C)CCCN1. The molecule has 1 aliphatic heterocycles. The van der Waals surface area contributed by atoms with Crippen molar-refractivity contribution >= 4 is 0 Å². The van der Waals surface area contributed by atoms with Crippen molar-refractivity contribution in [2.75, 3.05) is 46.9 Å². The molecule has 1 unspecified atom stereocenters. The minimum absolute atomic E-state index is 0.210. The molecule has 1 heterocycles. The average molecular weight is 215 g/mol. The lowest BCUT2D eigenvalue weighted by Crippen LogP contribution is -2.37. The van der Waals surface area contributed by atoms with E-state index in [-0.39, 0.29) is 6.23 Å². The number of ether oxygens (including phenoxy) is 1. The molecule has 4 heteroatoms. The predicted molar refractivity (Wildman–Crippen MR) is 63.0 cm³/mol. The van der Waals surface area contributed by atoms with Crippen LogP contribution in [0.1, 0.15) is 19.3 Å². The lowest BCUT2D eigenvalue weighted by Gasteiger charge is -2.21. The van der Waals surface area contributed by atoms with Crippen LogP contribution in [-0.2, 0) is 4.74 Å². The average Bonchev–Trinajstić information content (AvgIpc) is 2.23. The van der Waals surface area contributed by atoms with E-state index in [0.717, 1.165) is 26.1 Å². The Labute approximate surface area is 93.4 Å². The Morgan fingerprint density at radius 2 is 1.87 bits per heavy atom. The molecule has 0 saturated carbocycles. The first-order chi connectivity index (χ1) is 7.33. The van der Waals surface area contributed by atoms with Crippen molar-refractivity contribution in [1.82, 2.24) is 15.5 Å². The fourth-order valence-corrected chi connectivity index (χ4v) is 1.86. The smallest absolute Gasteiger partial charge is 0.108 e. The second-order valence-corrected chi connectivity index (χ2v) is 4.23. The zero-order valence-electron chi connectivity index (χ0n) is 10.1. The van der Waals surface area contributed by atoms with E-state index in [1.54, 1.807) is 7.11 Å². The van der Waals surface area contributed by atoms with Crippen LogP contribution in [0.4, 0.5) is 0 Å². The van der Waals surface area contributed by atoms with Crippen LogP contribution in [0.2, 0.25) is 0 Å². The second-order valence-electron chi connectivity index (χ2n) is 4.23. The molecule has 0 aromatic carbocycles. The Balaban J connectivity index is 2.24. The van der Waals surface area contributed by atoms with E-state index in [4.69, 9.17) is 4.74 Å². The predicted octanol–water partition coefficient (Wildman–Crippen LogP) is 0.254. The number of rotatable bonds is 1. The standard InChI is InChI=1S/C11H25N3O/c1-14-9-3-6-12-8-5-11(15-2)13-7-4-10-14/h11-13H,3-10H2,1-2H3. The molecule has 0 radical (unpaired) electrons. The van der Waals surface area contributed by atoms with Gasteiger partial charge >= 0.3 is 0 Å². The van der Waals surface area contributed by atoms with Gasteiger partial charge in [0.1, 0.15) is 6.23 Å². The molecule has 1 saturated heterocycles. The normalized spacial score (nSPS) is 28.0. The third-order valence-electron chi connectivity index (χ3n) is 2.85. The first-order valence-corrected chi connectivity index (χ1v) is 5.98. The Morgan fingerprint density at radius 3 is 2.60 bits per heavy atom. The minimum atomic E-state index is 0.210. The van der Waals surface area contributed by atoms with Crippen LogP contribution < -0.4 is 10.6 Å². The Kier molecular flexibility index (Phi) is 6.92. The maximum atomic E-state index is 5.36. The third-order valence-corrected chi connectivity index (χ3v) is 2.85. The molecule has 1 rings (SSSR count). The van der Waals surface area contributed by atoms with E-state index in [2.05, 4.69) is 22.6 Å². The van der Waals surface area contributed by atoms with Gasteiger partial charge in [-0.1, -0.05) is 0 Å². The fourth-order valence-electron chi connectivity index (χ4n) is 1.86.